The van der Waals surface area contributed by atoms with E-state index in [2.05, 4.69) is 10.3 Å². The molecule has 1 N–H and O–H groups in total. The SMILES string of the molecule is O=C(CSc1nc2ccsc2c(=O)n1-c1ccccc1F)Nc1cc(F)ccc1F. The number of thioether (sulfide) groups is 1. The van der Waals surface area contributed by atoms with E-state index in [1.54, 1.807) is 17.5 Å². The summed E-state index contributed by atoms with van der Waals surface area (Å²) in [6.45, 7) is 0. The van der Waals surface area contributed by atoms with E-state index in [9.17, 15) is 22.8 Å². The van der Waals surface area contributed by atoms with Gasteiger partial charge in [-0.15, -0.1) is 11.3 Å². The molecule has 2 aromatic heterocycles. The van der Waals surface area contributed by atoms with Crippen LogP contribution in [0, 0.1) is 17.5 Å². The van der Waals surface area contributed by atoms with Gasteiger partial charge in [0, 0.05) is 6.07 Å². The van der Waals surface area contributed by atoms with Gasteiger partial charge in [0.25, 0.3) is 5.56 Å². The zero-order chi connectivity index (χ0) is 21.3. The van der Waals surface area contributed by atoms with Crippen LogP contribution in [0.1, 0.15) is 0 Å². The van der Waals surface area contributed by atoms with Crippen molar-refractivity contribution in [2.24, 2.45) is 0 Å². The van der Waals surface area contributed by atoms with Gasteiger partial charge in [0.1, 0.15) is 22.2 Å². The van der Waals surface area contributed by atoms with Crippen LogP contribution in [0.2, 0.25) is 0 Å². The molecule has 2 heterocycles. The number of para-hydroxylation sites is 1. The Balaban J connectivity index is 1.66. The third-order valence-corrected chi connectivity index (χ3v) is 5.91. The lowest BCUT2D eigenvalue weighted by Crippen LogP contribution is -2.23. The number of nitrogens with one attached hydrogen (secondary N) is 1. The maximum absolute atomic E-state index is 14.4. The fraction of sp³-hybridized carbons (Fsp3) is 0.0500. The van der Waals surface area contributed by atoms with Crippen molar-refractivity contribution in [1.29, 1.82) is 0 Å². The van der Waals surface area contributed by atoms with Crippen molar-refractivity contribution in [3.8, 4) is 5.69 Å². The van der Waals surface area contributed by atoms with Crippen molar-refractivity contribution in [2.45, 2.75) is 5.16 Å². The minimum atomic E-state index is -0.782. The van der Waals surface area contributed by atoms with Crippen LogP contribution in [0.25, 0.3) is 15.9 Å². The van der Waals surface area contributed by atoms with Crippen LogP contribution in [-0.4, -0.2) is 21.2 Å². The van der Waals surface area contributed by atoms with Gasteiger partial charge >= 0.3 is 0 Å². The van der Waals surface area contributed by atoms with Crippen LogP contribution >= 0.6 is 23.1 Å². The largest absolute Gasteiger partial charge is 0.323 e. The number of fused-ring (bicyclic) bond motifs is 1. The average molecular weight is 447 g/mol. The minimum Gasteiger partial charge on any atom is -0.323 e. The lowest BCUT2D eigenvalue weighted by atomic mass is 10.3. The maximum Gasteiger partial charge on any atom is 0.276 e. The molecule has 0 aliphatic rings. The molecule has 5 nitrogen and oxygen atoms in total. The minimum absolute atomic E-state index is 0.00406. The lowest BCUT2D eigenvalue weighted by molar-refractivity contribution is -0.113. The third kappa shape index (κ3) is 3.96. The predicted molar refractivity (Wildman–Crippen MR) is 111 cm³/mol. The topological polar surface area (TPSA) is 64.0 Å². The Hall–Kier alpha value is -3.11. The third-order valence-electron chi connectivity index (χ3n) is 4.08. The number of hydrogen-bond acceptors (Lipinski definition) is 5. The number of hydrogen-bond donors (Lipinski definition) is 1. The Morgan fingerprint density at radius 3 is 2.70 bits per heavy atom. The molecule has 0 aliphatic heterocycles. The van der Waals surface area contributed by atoms with E-state index < -0.39 is 28.9 Å². The van der Waals surface area contributed by atoms with E-state index in [1.165, 1.54) is 29.5 Å². The zero-order valence-corrected chi connectivity index (χ0v) is 16.7. The maximum atomic E-state index is 14.4. The molecular formula is C20H12F3N3O2S2. The van der Waals surface area contributed by atoms with E-state index in [-0.39, 0.29) is 22.3 Å². The zero-order valence-electron chi connectivity index (χ0n) is 15.1. The summed E-state index contributed by atoms with van der Waals surface area (Å²) in [7, 11) is 0. The van der Waals surface area contributed by atoms with Crippen molar-refractivity contribution < 1.29 is 18.0 Å². The first-order valence-corrected chi connectivity index (χ1v) is 10.4. The van der Waals surface area contributed by atoms with Crippen LogP contribution in [0.15, 0.2) is 63.9 Å². The summed E-state index contributed by atoms with van der Waals surface area (Å²) in [6.07, 6.45) is 0. The highest BCUT2D eigenvalue weighted by Crippen LogP contribution is 2.25. The van der Waals surface area contributed by atoms with Crippen LogP contribution in [-0.2, 0) is 4.79 Å². The fourth-order valence-electron chi connectivity index (χ4n) is 2.74. The first kappa shape index (κ1) is 20.2. The molecule has 0 unspecified atom stereocenters. The molecule has 0 saturated carbocycles. The van der Waals surface area contributed by atoms with Crippen LogP contribution < -0.4 is 10.9 Å². The van der Waals surface area contributed by atoms with Gasteiger partial charge in [-0.1, -0.05) is 23.9 Å². The monoisotopic (exact) mass is 447 g/mol. The van der Waals surface area contributed by atoms with Gasteiger partial charge in [-0.25, -0.2) is 18.2 Å². The second-order valence-corrected chi connectivity index (χ2v) is 7.94. The molecule has 30 heavy (non-hydrogen) atoms. The number of rotatable bonds is 5. The van der Waals surface area contributed by atoms with Gasteiger partial charge in [0.2, 0.25) is 5.91 Å². The summed E-state index contributed by atoms with van der Waals surface area (Å²) >= 11 is 2.06. The summed E-state index contributed by atoms with van der Waals surface area (Å²) in [5, 5.41) is 4.07. The number of carbonyl (C=O) groups is 1. The molecule has 4 rings (SSSR count). The fourth-order valence-corrected chi connectivity index (χ4v) is 4.31. The summed E-state index contributed by atoms with van der Waals surface area (Å²) < 4.78 is 42.9. The lowest BCUT2D eigenvalue weighted by Gasteiger charge is -2.13. The molecule has 0 aliphatic carbocycles. The highest BCUT2D eigenvalue weighted by Gasteiger charge is 2.18. The second-order valence-electron chi connectivity index (χ2n) is 6.08. The van der Waals surface area contributed by atoms with Gasteiger partial charge in [-0.2, -0.15) is 0 Å². The molecule has 0 fully saturated rings. The normalized spacial score (nSPS) is 11.0. The Labute approximate surface area is 176 Å². The van der Waals surface area contributed by atoms with Crippen molar-refractivity contribution in [2.75, 3.05) is 11.1 Å². The highest BCUT2D eigenvalue weighted by atomic mass is 32.2. The van der Waals surface area contributed by atoms with E-state index in [1.807, 2.05) is 0 Å². The molecule has 0 bridgehead atoms. The second kappa shape index (κ2) is 8.33. The van der Waals surface area contributed by atoms with Crippen LogP contribution in [0.3, 0.4) is 0 Å². The first-order chi connectivity index (χ1) is 14.4. The van der Waals surface area contributed by atoms with Gasteiger partial charge < -0.3 is 5.32 Å². The molecule has 0 saturated heterocycles. The molecule has 152 valence electrons. The molecule has 4 aromatic rings. The molecule has 1 amide bonds. The van der Waals surface area contributed by atoms with E-state index in [0.29, 0.717) is 10.2 Å². The van der Waals surface area contributed by atoms with E-state index in [0.717, 1.165) is 34.5 Å². The van der Waals surface area contributed by atoms with Crippen molar-refractivity contribution in [3.05, 3.63) is 81.7 Å². The number of thiophene rings is 1. The van der Waals surface area contributed by atoms with Crippen molar-refractivity contribution in [1.82, 2.24) is 9.55 Å². The summed E-state index contributed by atoms with van der Waals surface area (Å²) in [5.41, 5.74) is -0.325. The summed E-state index contributed by atoms with van der Waals surface area (Å²) in [5.74, 6) is -2.99. The van der Waals surface area contributed by atoms with Crippen LogP contribution in [0.4, 0.5) is 18.9 Å². The van der Waals surface area contributed by atoms with Crippen molar-refractivity contribution in [3.63, 3.8) is 0 Å². The Morgan fingerprint density at radius 1 is 1.10 bits per heavy atom. The quantitative estimate of drug-likeness (QED) is 0.359. The smallest absolute Gasteiger partial charge is 0.276 e. The first-order valence-electron chi connectivity index (χ1n) is 8.57. The van der Waals surface area contributed by atoms with Gasteiger partial charge in [0.05, 0.1) is 22.6 Å². The number of carbonyl (C=O) groups excluding carboxylic acids is 1. The Kier molecular flexibility index (Phi) is 5.60. The number of anilines is 1. The number of nitrogens with zero attached hydrogens (tertiary/aromatic N) is 2. The molecule has 10 heteroatoms. The number of aromatic nitrogens is 2. The summed E-state index contributed by atoms with van der Waals surface area (Å²) in [6, 6.07) is 10.1. The molecule has 0 spiro atoms. The molecular weight excluding hydrogens is 435 g/mol. The molecule has 0 atom stereocenters. The van der Waals surface area contributed by atoms with Gasteiger partial charge in [-0.3, -0.25) is 14.2 Å². The summed E-state index contributed by atoms with van der Waals surface area (Å²) in [4.78, 5) is 29.6. The Morgan fingerprint density at radius 2 is 1.90 bits per heavy atom. The number of halogens is 3. The Bertz CT molecular complexity index is 1320. The van der Waals surface area contributed by atoms with Crippen molar-refractivity contribution >= 4 is 44.9 Å². The molecule has 2 aromatic carbocycles. The van der Waals surface area contributed by atoms with E-state index in [4.69, 9.17) is 0 Å². The van der Waals surface area contributed by atoms with Gasteiger partial charge in [-0.05, 0) is 35.7 Å². The molecule has 0 radical (unpaired) electrons. The highest BCUT2D eigenvalue weighted by molar-refractivity contribution is 7.99. The predicted octanol–water partition coefficient (Wildman–Crippen LogP) is 4.60. The number of amides is 1. The number of benzene rings is 2. The standard InChI is InChI=1S/C20H12F3N3O2S2/c21-11-5-6-12(22)15(9-11)24-17(27)10-30-20-25-14-7-8-29-18(14)19(28)26(20)16-4-2-1-3-13(16)23/h1-9H,10H2,(H,24,27). The average Bonchev–Trinajstić information content (AvgIpc) is 3.19. The van der Waals surface area contributed by atoms with Gasteiger partial charge in [0.15, 0.2) is 5.16 Å². The van der Waals surface area contributed by atoms with Crippen LogP contribution in [0.5, 0.6) is 0 Å². The van der Waals surface area contributed by atoms with E-state index >= 15 is 0 Å².